The average Bonchev–Trinajstić information content (AvgIpc) is 2.43. The van der Waals surface area contributed by atoms with Crippen molar-refractivity contribution in [3.05, 3.63) is 29.8 Å². The lowest BCUT2D eigenvalue weighted by molar-refractivity contribution is 0.528. The van der Waals surface area contributed by atoms with E-state index in [9.17, 15) is 8.42 Å². The van der Waals surface area contributed by atoms with Crippen LogP contribution in [0.2, 0.25) is 0 Å². The molecule has 1 aromatic rings. The monoisotopic (exact) mass is 280 g/mol. The summed E-state index contributed by atoms with van der Waals surface area (Å²) in [6.07, 6.45) is 0.935. The Morgan fingerprint density at radius 1 is 1.42 bits per heavy atom. The summed E-state index contributed by atoms with van der Waals surface area (Å²) in [4.78, 5) is 0.236. The third-order valence-corrected chi connectivity index (χ3v) is 4.22. The fourth-order valence-electron chi connectivity index (χ4n) is 1.37. The van der Waals surface area contributed by atoms with Crippen LogP contribution in [-0.4, -0.2) is 21.5 Å². The average molecular weight is 280 g/mol. The predicted octanol–water partition coefficient (Wildman–Crippen LogP) is 1.32. The van der Waals surface area contributed by atoms with E-state index in [1.165, 1.54) is 0 Å². The zero-order valence-corrected chi connectivity index (χ0v) is 12.1. The molecule has 0 spiro atoms. The maximum absolute atomic E-state index is 12.1. The van der Waals surface area contributed by atoms with Gasteiger partial charge in [-0.2, -0.15) is 0 Å². The SMILES string of the molecule is CCC(C)CNS(=O)(=O)c1cccc(C#CCN)c1. The molecule has 0 radical (unpaired) electrons. The molecule has 4 nitrogen and oxygen atoms in total. The fraction of sp³-hybridized carbons (Fsp3) is 0.429. The summed E-state index contributed by atoms with van der Waals surface area (Å²) in [5.41, 5.74) is 5.94. The van der Waals surface area contributed by atoms with Gasteiger partial charge in [0.05, 0.1) is 11.4 Å². The van der Waals surface area contributed by atoms with Crippen molar-refractivity contribution in [2.45, 2.75) is 25.2 Å². The van der Waals surface area contributed by atoms with Crippen molar-refractivity contribution in [1.29, 1.82) is 0 Å². The van der Waals surface area contributed by atoms with Gasteiger partial charge in [0, 0.05) is 12.1 Å². The fourth-order valence-corrected chi connectivity index (χ4v) is 2.58. The summed E-state index contributed by atoms with van der Waals surface area (Å²) in [6.45, 7) is 4.73. The van der Waals surface area contributed by atoms with Crippen LogP contribution in [0, 0.1) is 17.8 Å². The normalized spacial score (nSPS) is 12.6. The van der Waals surface area contributed by atoms with Gasteiger partial charge in [-0.25, -0.2) is 13.1 Å². The van der Waals surface area contributed by atoms with Crippen molar-refractivity contribution in [3.63, 3.8) is 0 Å². The van der Waals surface area contributed by atoms with E-state index >= 15 is 0 Å². The molecule has 0 aliphatic carbocycles. The predicted molar refractivity (Wildman–Crippen MR) is 77.0 cm³/mol. The lowest BCUT2D eigenvalue weighted by atomic mass is 10.1. The number of hydrogen-bond donors (Lipinski definition) is 2. The van der Waals surface area contributed by atoms with E-state index in [1.54, 1.807) is 24.3 Å². The second-order valence-electron chi connectivity index (χ2n) is 4.40. The molecule has 1 aromatic carbocycles. The van der Waals surface area contributed by atoms with Gasteiger partial charge in [0.1, 0.15) is 0 Å². The van der Waals surface area contributed by atoms with E-state index in [1.807, 2.05) is 13.8 Å². The third kappa shape index (κ3) is 5.03. The number of nitrogens with one attached hydrogen (secondary N) is 1. The largest absolute Gasteiger partial charge is 0.320 e. The molecule has 0 fully saturated rings. The van der Waals surface area contributed by atoms with Crippen molar-refractivity contribution >= 4 is 10.0 Å². The number of benzene rings is 1. The van der Waals surface area contributed by atoms with Crippen molar-refractivity contribution < 1.29 is 8.42 Å². The lowest BCUT2D eigenvalue weighted by Gasteiger charge is -2.11. The molecule has 19 heavy (non-hydrogen) atoms. The quantitative estimate of drug-likeness (QED) is 0.799. The Balaban J connectivity index is 2.89. The smallest absolute Gasteiger partial charge is 0.240 e. The van der Waals surface area contributed by atoms with Gasteiger partial charge in [-0.05, 0) is 24.1 Å². The second kappa shape index (κ2) is 7.29. The number of rotatable bonds is 5. The topological polar surface area (TPSA) is 72.2 Å². The summed E-state index contributed by atoms with van der Waals surface area (Å²) in [7, 11) is -3.46. The molecule has 1 atom stereocenters. The van der Waals surface area contributed by atoms with Gasteiger partial charge in [-0.3, -0.25) is 0 Å². The highest BCUT2D eigenvalue weighted by Gasteiger charge is 2.14. The Morgan fingerprint density at radius 2 is 2.16 bits per heavy atom. The van der Waals surface area contributed by atoms with Crippen molar-refractivity contribution in [2.24, 2.45) is 11.7 Å². The number of hydrogen-bond acceptors (Lipinski definition) is 3. The van der Waals surface area contributed by atoms with E-state index in [0.29, 0.717) is 18.0 Å². The second-order valence-corrected chi connectivity index (χ2v) is 6.17. The molecule has 1 rings (SSSR count). The Bertz CT molecular complexity index is 571. The van der Waals surface area contributed by atoms with Crippen molar-refractivity contribution in [1.82, 2.24) is 4.72 Å². The van der Waals surface area contributed by atoms with Crippen LogP contribution in [0.5, 0.6) is 0 Å². The molecule has 0 aromatic heterocycles. The summed E-state index contributed by atoms with van der Waals surface area (Å²) in [6, 6.07) is 6.56. The molecular formula is C14H20N2O2S. The molecular weight excluding hydrogens is 260 g/mol. The van der Waals surface area contributed by atoms with Crippen LogP contribution in [-0.2, 0) is 10.0 Å². The molecule has 0 amide bonds. The molecule has 0 saturated heterocycles. The van der Waals surface area contributed by atoms with Crippen molar-refractivity contribution in [2.75, 3.05) is 13.1 Å². The zero-order chi connectivity index (χ0) is 14.3. The van der Waals surface area contributed by atoms with Crippen LogP contribution in [0.4, 0.5) is 0 Å². The molecule has 0 saturated carbocycles. The third-order valence-electron chi connectivity index (χ3n) is 2.80. The van der Waals surface area contributed by atoms with Gasteiger partial charge < -0.3 is 5.73 Å². The molecule has 1 unspecified atom stereocenters. The molecule has 0 heterocycles. The molecule has 5 heteroatoms. The Labute approximate surface area is 115 Å². The lowest BCUT2D eigenvalue weighted by Crippen LogP contribution is -2.28. The van der Waals surface area contributed by atoms with Crippen LogP contribution >= 0.6 is 0 Å². The van der Waals surface area contributed by atoms with Gasteiger partial charge >= 0.3 is 0 Å². The zero-order valence-electron chi connectivity index (χ0n) is 11.3. The van der Waals surface area contributed by atoms with Crippen LogP contribution in [0.15, 0.2) is 29.2 Å². The standard InChI is InChI=1S/C14H20N2O2S/c1-3-12(2)11-16-19(17,18)14-8-4-6-13(10-14)7-5-9-15/h4,6,8,10,12,16H,3,9,11,15H2,1-2H3. The first-order valence-corrected chi connectivity index (χ1v) is 7.76. The van der Waals surface area contributed by atoms with E-state index in [2.05, 4.69) is 16.6 Å². The Morgan fingerprint density at radius 3 is 2.79 bits per heavy atom. The molecule has 0 aliphatic rings. The Kier molecular flexibility index (Phi) is 6.03. The maximum atomic E-state index is 12.1. The van der Waals surface area contributed by atoms with E-state index in [-0.39, 0.29) is 11.4 Å². The van der Waals surface area contributed by atoms with Crippen LogP contribution < -0.4 is 10.5 Å². The summed E-state index contributed by atoms with van der Waals surface area (Å²) in [5.74, 6) is 5.85. The van der Waals surface area contributed by atoms with E-state index in [4.69, 9.17) is 5.73 Å². The molecule has 3 N–H and O–H groups in total. The highest BCUT2D eigenvalue weighted by atomic mass is 32.2. The Hall–Kier alpha value is -1.35. The molecule has 0 bridgehead atoms. The van der Waals surface area contributed by atoms with Gasteiger partial charge in [-0.15, -0.1) is 0 Å². The number of sulfonamides is 1. The first-order valence-electron chi connectivity index (χ1n) is 6.28. The van der Waals surface area contributed by atoms with Gasteiger partial charge in [0.25, 0.3) is 0 Å². The summed E-state index contributed by atoms with van der Waals surface area (Å²) >= 11 is 0. The van der Waals surface area contributed by atoms with E-state index < -0.39 is 10.0 Å². The minimum absolute atomic E-state index is 0.236. The van der Waals surface area contributed by atoms with Gasteiger partial charge in [0.15, 0.2) is 0 Å². The van der Waals surface area contributed by atoms with E-state index in [0.717, 1.165) is 6.42 Å². The first-order chi connectivity index (χ1) is 8.99. The summed E-state index contributed by atoms with van der Waals surface area (Å²) in [5, 5.41) is 0. The minimum atomic E-state index is -3.46. The van der Waals surface area contributed by atoms with Crippen LogP contribution in [0.25, 0.3) is 0 Å². The maximum Gasteiger partial charge on any atom is 0.240 e. The highest BCUT2D eigenvalue weighted by molar-refractivity contribution is 7.89. The number of nitrogens with two attached hydrogens (primary N) is 1. The molecule has 0 aliphatic heterocycles. The molecule has 104 valence electrons. The van der Waals surface area contributed by atoms with Gasteiger partial charge in [0.2, 0.25) is 10.0 Å². The van der Waals surface area contributed by atoms with Crippen molar-refractivity contribution in [3.8, 4) is 11.8 Å². The van der Waals surface area contributed by atoms with Crippen LogP contribution in [0.1, 0.15) is 25.8 Å². The highest BCUT2D eigenvalue weighted by Crippen LogP contribution is 2.11. The summed E-state index contributed by atoms with van der Waals surface area (Å²) < 4.78 is 26.8. The van der Waals surface area contributed by atoms with Gasteiger partial charge in [-0.1, -0.05) is 38.2 Å². The van der Waals surface area contributed by atoms with Crippen LogP contribution in [0.3, 0.4) is 0 Å². The first kappa shape index (κ1) is 15.7. The minimum Gasteiger partial charge on any atom is -0.320 e.